The van der Waals surface area contributed by atoms with Crippen LogP contribution in [0.2, 0.25) is 15.1 Å². The number of methoxy groups -OCH3 is 2. The van der Waals surface area contributed by atoms with Crippen LogP contribution in [0.4, 0.5) is 40.3 Å². The number of hydrogen-bond donors (Lipinski definition) is 4. The Morgan fingerprint density at radius 3 is 1.10 bits per heavy atom. The van der Waals surface area contributed by atoms with Gasteiger partial charge in [-0.05, 0) is 40.5 Å². The molecular weight excluding hydrogens is 1650 g/mol. The van der Waals surface area contributed by atoms with Gasteiger partial charge in [0.2, 0.25) is 0 Å². The number of alkyl halides is 4. The molecule has 4 aliphatic heterocycles. The van der Waals surface area contributed by atoms with Crippen molar-refractivity contribution in [3.05, 3.63) is 284 Å². The molecule has 122 heavy (non-hydrogen) atoms. The Bertz CT molecular complexity index is 4660. The predicted molar refractivity (Wildman–Crippen MR) is 454 cm³/mol. The van der Waals surface area contributed by atoms with Crippen molar-refractivity contribution in [2.75, 3.05) is 88.5 Å². The van der Waals surface area contributed by atoms with Crippen LogP contribution in [0.25, 0.3) is 33.4 Å². The molecule has 3 amide bonds. The minimum atomic E-state index is -1.28. The number of rotatable bonds is 26. The number of likely N-dealkylation sites (N-methyl/N-ethyl adjacent to an activating group) is 1. The first-order valence-electron chi connectivity index (χ1n) is 39.2. The van der Waals surface area contributed by atoms with Crippen LogP contribution in [-0.4, -0.2) is 193 Å². The van der Waals surface area contributed by atoms with Gasteiger partial charge in [-0.15, -0.1) is 0 Å². The van der Waals surface area contributed by atoms with Crippen LogP contribution in [-0.2, 0) is 72.4 Å². The fraction of sp³-hybridized carbons (Fsp3) is 0.348. The van der Waals surface area contributed by atoms with Gasteiger partial charge in [0, 0.05) is 118 Å². The maximum atomic E-state index is 15.7. The van der Waals surface area contributed by atoms with Gasteiger partial charge in [-0.2, -0.15) is 0 Å². The SMILES string of the molecule is CC(COCc1ccccc1)c1cccc(-c2ccccc2Cl)c1F.CNOC.COC(=O)N1C[C@H](F)C[C@H]1C(=O)N(C)OC.COC(=O)N1C[C@H](F)C[C@H]1C(=O)O.O=C([C@@H]1C[C@@H](F)CN1)[C@@H](COCc1ccccc1)c1cccc(-c2ccccc2Cl)c1F.O=C([C@@H]1C[C@@H](F)CN1)[C@H](COCc1ccccc1)c1cccc(-c2ccccc2Cl)c1F. The topological polar surface area (TPSA) is 233 Å². The molecule has 0 spiro atoms. The fourth-order valence-corrected chi connectivity index (χ4v) is 14.6. The van der Waals surface area contributed by atoms with Crippen molar-refractivity contribution >= 4 is 70.4 Å². The van der Waals surface area contributed by atoms with E-state index in [9.17, 15) is 46.3 Å². The van der Waals surface area contributed by atoms with E-state index >= 15 is 13.2 Å². The van der Waals surface area contributed by atoms with Crippen molar-refractivity contribution in [3.8, 4) is 33.4 Å². The molecule has 30 heteroatoms. The van der Waals surface area contributed by atoms with Crippen molar-refractivity contribution < 1.29 is 98.0 Å². The number of hydrogen-bond acceptors (Lipinski definition) is 16. The number of carbonyl (C=O) groups excluding carboxylic acids is 5. The van der Waals surface area contributed by atoms with Gasteiger partial charge < -0.3 is 44.3 Å². The number of halogens is 10. The molecule has 20 nitrogen and oxygen atoms in total. The number of aliphatic carboxylic acids is 1. The van der Waals surface area contributed by atoms with Gasteiger partial charge in [0.05, 0.1) is 105 Å². The van der Waals surface area contributed by atoms with Crippen molar-refractivity contribution in [3.63, 3.8) is 0 Å². The number of Topliss-reactive ketones (excluding diaryl/α,β-unsaturated/α-hetero) is 2. The maximum absolute atomic E-state index is 15.7. The average Bonchev–Trinajstić information content (AvgIpc) is 0.808. The van der Waals surface area contributed by atoms with E-state index in [-0.39, 0.29) is 99.5 Å². The second-order valence-electron chi connectivity index (χ2n) is 28.7. The Kier molecular flexibility index (Phi) is 39.7. The van der Waals surface area contributed by atoms with Crippen molar-refractivity contribution in [2.24, 2.45) is 0 Å². The average molecular weight is 1750 g/mol. The predicted octanol–water partition coefficient (Wildman–Crippen LogP) is 18.1. The van der Waals surface area contributed by atoms with Crippen LogP contribution < -0.4 is 16.1 Å². The summed E-state index contributed by atoms with van der Waals surface area (Å²) in [6.07, 6.45) is -6.19. The van der Waals surface area contributed by atoms with Gasteiger partial charge in [0.25, 0.3) is 5.91 Å². The van der Waals surface area contributed by atoms with Crippen LogP contribution in [0.15, 0.2) is 218 Å². The summed E-state index contributed by atoms with van der Waals surface area (Å²) in [4.78, 5) is 82.1. The van der Waals surface area contributed by atoms with Gasteiger partial charge in [-0.3, -0.25) is 29.0 Å². The van der Waals surface area contributed by atoms with E-state index in [0.29, 0.717) is 80.4 Å². The summed E-state index contributed by atoms with van der Waals surface area (Å²) in [5.41, 5.74) is 9.51. The van der Waals surface area contributed by atoms with E-state index in [1.807, 2.05) is 128 Å². The van der Waals surface area contributed by atoms with Gasteiger partial charge in [-0.25, -0.2) is 55.7 Å². The zero-order chi connectivity index (χ0) is 88.4. The molecular formula is C92H100Cl3F7N6O14. The van der Waals surface area contributed by atoms with E-state index < -0.39 is 96.4 Å². The third kappa shape index (κ3) is 27.9. The largest absolute Gasteiger partial charge is 0.480 e. The normalized spacial score (nSPS) is 18.9. The fourth-order valence-electron chi connectivity index (χ4n) is 13.9. The quantitative estimate of drug-likeness (QED) is 0.0291. The second kappa shape index (κ2) is 49.8. The van der Waals surface area contributed by atoms with Crippen molar-refractivity contribution in [2.45, 2.75) is 119 Å². The summed E-state index contributed by atoms with van der Waals surface area (Å²) >= 11 is 18.8. The summed E-state index contributed by atoms with van der Waals surface area (Å²) in [5, 5.41) is 16.8. The molecule has 0 saturated carbocycles. The lowest BCUT2D eigenvalue weighted by molar-refractivity contribution is -0.173. The van der Waals surface area contributed by atoms with Gasteiger partial charge >= 0.3 is 18.2 Å². The molecule has 11 atom stereocenters. The van der Waals surface area contributed by atoms with Gasteiger partial charge in [0.15, 0.2) is 11.6 Å². The third-order valence-corrected chi connectivity index (χ3v) is 21.3. The number of ketones is 2. The first-order valence-corrected chi connectivity index (χ1v) is 40.4. The minimum Gasteiger partial charge on any atom is -0.480 e. The molecule has 9 aromatic rings. The van der Waals surface area contributed by atoms with Crippen LogP contribution in [0.3, 0.4) is 0 Å². The molecule has 0 aromatic heterocycles. The smallest absolute Gasteiger partial charge is 0.410 e. The summed E-state index contributed by atoms with van der Waals surface area (Å²) in [6, 6.07) is 62.3. The molecule has 0 radical (unpaired) electrons. The number of benzene rings is 9. The monoisotopic (exact) mass is 1750 g/mol. The number of ether oxygens (including phenoxy) is 5. The molecule has 4 aliphatic rings. The van der Waals surface area contributed by atoms with Crippen LogP contribution in [0.1, 0.15) is 83.7 Å². The summed E-state index contributed by atoms with van der Waals surface area (Å²) in [6.45, 7) is 3.43. The van der Waals surface area contributed by atoms with Crippen molar-refractivity contribution in [1.82, 2.24) is 31.0 Å². The zero-order valence-electron chi connectivity index (χ0n) is 68.4. The highest BCUT2D eigenvalue weighted by molar-refractivity contribution is 6.34. The highest BCUT2D eigenvalue weighted by atomic mass is 35.5. The Hall–Kier alpha value is -10.1. The first kappa shape index (κ1) is 97.3. The molecule has 1 unspecified atom stereocenters. The molecule has 13 rings (SSSR count). The number of carboxylic acid groups (broad SMARTS) is 1. The minimum absolute atomic E-state index is 0.00818. The van der Waals surface area contributed by atoms with Crippen molar-refractivity contribution in [1.29, 1.82) is 0 Å². The Morgan fingerprint density at radius 2 is 0.770 bits per heavy atom. The molecule has 0 aliphatic carbocycles. The number of nitrogens with zero attached hydrogens (tertiary/aromatic N) is 3. The summed E-state index contributed by atoms with van der Waals surface area (Å²) < 4.78 is 126. The highest BCUT2D eigenvalue weighted by Crippen LogP contribution is 2.39. The first-order chi connectivity index (χ1) is 58.7. The third-order valence-electron chi connectivity index (χ3n) is 20.3. The Labute approximate surface area is 720 Å². The maximum Gasteiger partial charge on any atom is 0.410 e. The number of likely N-dealkylation sites (tertiary alicyclic amines) is 2. The molecule has 652 valence electrons. The van der Waals surface area contributed by atoms with E-state index in [2.05, 4.69) is 30.4 Å². The summed E-state index contributed by atoms with van der Waals surface area (Å²) in [7, 11) is 8.33. The molecule has 4 N–H and O–H groups in total. The Balaban J connectivity index is 0.000000194. The number of hydroxylamine groups is 3. The lowest BCUT2D eigenvalue weighted by Crippen LogP contribution is -2.46. The zero-order valence-corrected chi connectivity index (χ0v) is 70.7. The standard InChI is InChI=1S/2C26H24ClF2NO2.C22H20ClFO.C9H15FN2O4.C7H10FNO4.C2H7NO/c2*27-23-12-5-4-9-19(23)20-10-6-11-21(25(20)29)22(26(31)24-13-18(28)14-30-24)16-32-15-17-7-2-1-3-8-17;1-16(14-25-15-17-8-3-2-4-9-17)18-11-7-12-20(22(18)24)19-10-5-6-13-21(19)23;1-11(16-3)8(13)7-4-6(10)5-12(7)9(14)15-2;1-13-7(12)9-3-4(8)2-5(9)6(10)11;1-3-4-2/h2*1-12,18,22,24,30H,13-16H2;2-13,16H,14-15H2,1H3;6-7H,4-5H2,1-3H3;4-5H,2-3H2,1H3,(H,10,11);3H,1-2H3/t18-,22+,24+;18-,22-,24+;;6-,7+;4-,5+;/m11.11./s1. The number of amides is 3. The molecule has 0 bridgehead atoms. The van der Waals surface area contributed by atoms with Crippen LogP contribution >= 0.6 is 34.8 Å². The number of carboxylic acids is 1. The molecule has 4 heterocycles. The molecule has 4 saturated heterocycles. The number of nitrogens with one attached hydrogen (secondary N) is 3. The van der Waals surface area contributed by atoms with E-state index in [4.69, 9.17) is 59.0 Å². The van der Waals surface area contributed by atoms with Gasteiger partial charge in [0.1, 0.15) is 54.2 Å². The van der Waals surface area contributed by atoms with E-state index in [0.717, 1.165) is 38.7 Å². The highest BCUT2D eigenvalue weighted by Gasteiger charge is 2.44. The lowest BCUT2D eigenvalue weighted by Gasteiger charge is -2.25. The van der Waals surface area contributed by atoms with Crippen LogP contribution in [0.5, 0.6) is 0 Å². The summed E-state index contributed by atoms with van der Waals surface area (Å²) in [5.74, 6) is -5.26. The lowest BCUT2D eigenvalue weighted by atomic mass is 9.88. The second-order valence-corrected chi connectivity index (χ2v) is 29.9. The molecule has 4 fully saturated rings. The number of carbonyl (C=O) groups is 6. The van der Waals surface area contributed by atoms with Crippen LogP contribution in [0, 0.1) is 17.5 Å². The van der Waals surface area contributed by atoms with E-state index in [1.165, 1.54) is 21.3 Å². The molecule has 9 aromatic carbocycles. The Morgan fingerprint density at radius 1 is 0.451 bits per heavy atom. The van der Waals surface area contributed by atoms with Gasteiger partial charge in [-0.1, -0.05) is 242 Å². The van der Waals surface area contributed by atoms with E-state index in [1.54, 1.807) is 111 Å².